The van der Waals surface area contributed by atoms with E-state index in [1.54, 1.807) is 18.2 Å². The molecular weight excluding hydrogens is 482 g/mol. The zero-order valence-electron chi connectivity index (χ0n) is 19.8. The fourth-order valence-corrected chi connectivity index (χ4v) is 4.61. The zero-order chi connectivity index (χ0) is 25.1. The summed E-state index contributed by atoms with van der Waals surface area (Å²) >= 11 is 6.43. The van der Waals surface area contributed by atoms with Crippen molar-refractivity contribution < 1.29 is 14.3 Å². The highest BCUT2D eigenvalue weighted by molar-refractivity contribution is 6.34. The second-order valence-electron chi connectivity index (χ2n) is 8.76. The lowest BCUT2D eigenvalue weighted by atomic mass is 9.87. The number of benzene rings is 2. The number of amides is 1. The number of halogens is 1. The van der Waals surface area contributed by atoms with Gasteiger partial charge in [0, 0.05) is 30.4 Å². The highest BCUT2D eigenvalue weighted by atomic mass is 35.5. The minimum atomic E-state index is -0.344. The number of H-pyrrole nitrogens is 1. The minimum Gasteiger partial charge on any atom is -0.486 e. The van der Waals surface area contributed by atoms with Crippen molar-refractivity contribution in [3.63, 3.8) is 0 Å². The normalized spacial score (nSPS) is 15.1. The Morgan fingerprint density at radius 3 is 2.69 bits per heavy atom. The number of carbonyl (C=O) groups excluding carboxylic acids is 1. The van der Waals surface area contributed by atoms with Crippen molar-refractivity contribution >= 4 is 23.3 Å². The van der Waals surface area contributed by atoms with Crippen molar-refractivity contribution in [3.05, 3.63) is 81.2 Å². The molecular formula is C26H26ClN5O4. The van der Waals surface area contributed by atoms with E-state index in [-0.39, 0.29) is 40.0 Å². The summed E-state index contributed by atoms with van der Waals surface area (Å²) in [6.45, 7) is 3.21. The Balaban J connectivity index is 1.38. The second kappa shape index (κ2) is 10.1. The summed E-state index contributed by atoms with van der Waals surface area (Å²) in [5, 5.41) is 6.42. The molecule has 1 amide bonds. The molecule has 9 nitrogen and oxygen atoms in total. The molecule has 1 saturated heterocycles. The van der Waals surface area contributed by atoms with Gasteiger partial charge in [0.15, 0.2) is 5.82 Å². The molecule has 1 fully saturated rings. The van der Waals surface area contributed by atoms with Gasteiger partial charge < -0.3 is 14.8 Å². The van der Waals surface area contributed by atoms with Crippen molar-refractivity contribution in [1.29, 1.82) is 0 Å². The van der Waals surface area contributed by atoms with E-state index in [9.17, 15) is 9.59 Å². The van der Waals surface area contributed by atoms with Crippen LogP contribution < -0.4 is 15.6 Å². The number of nitrogens with zero attached hydrogens (tertiary/aromatic N) is 3. The van der Waals surface area contributed by atoms with Crippen molar-refractivity contribution in [2.24, 2.45) is 0 Å². The molecule has 1 aliphatic rings. The molecule has 0 aliphatic carbocycles. The van der Waals surface area contributed by atoms with Crippen LogP contribution in [0.1, 0.15) is 42.2 Å². The maximum Gasteiger partial charge on any atom is 0.274 e. The molecule has 36 heavy (non-hydrogen) atoms. The van der Waals surface area contributed by atoms with E-state index in [4.69, 9.17) is 21.1 Å². The fourth-order valence-electron chi connectivity index (χ4n) is 4.36. The maximum atomic E-state index is 13.3. The molecule has 2 N–H and O–H groups in total. The third-order valence-corrected chi connectivity index (χ3v) is 6.83. The van der Waals surface area contributed by atoms with Gasteiger partial charge in [-0.2, -0.15) is 9.50 Å². The Morgan fingerprint density at radius 2 is 1.94 bits per heavy atom. The molecule has 0 unspecified atom stereocenters. The van der Waals surface area contributed by atoms with E-state index in [1.807, 2.05) is 37.3 Å². The van der Waals surface area contributed by atoms with E-state index >= 15 is 0 Å². The summed E-state index contributed by atoms with van der Waals surface area (Å²) < 4.78 is 12.7. The Labute approximate surface area is 212 Å². The van der Waals surface area contributed by atoms with Gasteiger partial charge in [-0.3, -0.25) is 14.7 Å². The highest BCUT2D eigenvalue weighted by Gasteiger charge is 2.33. The van der Waals surface area contributed by atoms with Crippen LogP contribution in [-0.4, -0.2) is 44.2 Å². The summed E-state index contributed by atoms with van der Waals surface area (Å²) in [5.41, 5.74) is 0.809. The number of rotatable bonds is 7. The largest absolute Gasteiger partial charge is 0.486 e. The van der Waals surface area contributed by atoms with E-state index in [0.29, 0.717) is 30.5 Å². The molecule has 5 rings (SSSR count). The van der Waals surface area contributed by atoms with Crippen LogP contribution in [0.5, 0.6) is 5.75 Å². The minimum absolute atomic E-state index is 0.0351. The van der Waals surface area contributed by atoms with Gasteiger partial charge in [0.25, 0.3) is 17.2 Å². The monoisotopic (exact) mass is 507 g/mol. The summed E-state index contributed by atoms with van der Waals surface area (Å²) in [6, 6.07) is 15.9. The molecule has 186 valence electrons. The number of fused-ring (bicyclic) bond motifs is 1. The first-order valence-electron chi connectivity index (χ1n) is 11.8. The SMILES string of the molecule is CCC1(NC(=O)c2c(Cl)cccc2OCc2cc(=O)n3[nH]c(-c4ccccc4)nc3n2)CCOCC1. The Morgan fingerprint density at radius 1 is 1.17 bits per heavy atom. The molecule has 2 aromatic carbocycles. The van der Waals surface area contributed by atoms with E-state index < -0.39 is 0 Å². The zero-order valence-corrected chi connectivity index (χ0v) is 20.5. The average molecular weight is 508 g/mol. The molecule has 2 aromatic heterocycles. The molecule has 10 heteroatoms. The molecule has 4 aromatic rings. The van der Waals surface area contributed by atoms with Gasteiger partial charge >= 0.3 is 0 Å². The summed E-state index contributed by atoms with van der Waals surface area (Å²) in [5.74, 6) is 0.772. The maximum absolute atomic E-state index is 13.3. The second-order valence-corrected chi connectivity index (χ2v) is 9.17. The number of ether oxygens (including phenoxy) is 2. The molecule has 0 spiro atoms. The van der Waals surface area contributed by atoms with Crippen molar-refractivity contribution in [1.82, 2.24) is 24.9 Å². The summed E-state index contributed by atoms with van der Waals surface area (Å²) in [6.07, 6.45) is 2.25. The topological polar surface area (TPSA) is 111 Å². The summed E-state index contributed by atoms with van der Waals surface area (Å²) in [4.78, 5) is 34.9. The van der Waals surface area contributed by atoms with Crippen LogP contribution in [0.2, 0.25) is 5.02 Å². The van der Waals surface area contributed by atoms with Gasteiger partial charge in [-0.1, -0.05) is 54.9 Å². The number of nitrogens with one attached hydrogen (secondary N) is 2. The number of aromatic nitrogens is 4. The predicted molar refractivity (Wildman–Crippen MR) is 135 cm³/mol. The number of aromatic amines is 1. The molecule has 0 bridgehead atoms. The Hall–Kier alpha value is -3.69. The highest BCUT2D eigenvalue weighted by Crippen LogP contribution is 2.30. The first kappa shape index (κ1) is 24.0. The number of carbonyl (C=O) groups is 1. The third kappa shape index (κ3) is 4.84. The number of hydrogen-bond acceptors (Lipinski definition) is 6. The quantitative estimate of drug-likeness (QED) is 0.391. The van der Waals surface area contributed by atoms with Crippen LogP contribution in [0.15, 0.2) is 59.4 Å². The lowest BCUT2D eigenvalue weighted by Crippen LogP contribution is -2.51. The van der Waals surface area contributed by atoms with Crippen molar-refractivity contribution in [3.8, 4) is 17.1 Å². The molecule has 3 heterocycles. The first-order valence-corrected chi connectivity index (χ1v) is 12.2. The Bertz CT molecular complexity index is 1440. The van der Waals surface area contributed by atoms with Crippen molar-refractivity contribution in [2.75, 3.05) is 13.2 Å². The van der Waals surface area contributed by atoms with Gasteiger partial charge in [0.1, 0.15) is 12.4 Å². The van der Waals surface area contributed by atoms with Crippen LogP contribution in [0.3, 0.4) is 0 Å². The van der Waals surface area contributed by atoms with Crippen LogP contribution in [0, 0.1) is 0 Å². The Kier molecular flexibility index (Phi) is 6.75. The van der Waals surface area contributed by atoms with E-state index in [2.05, 4.69) is 20.4 Å². The van der Waals surface area contributed by atoms with Gasteiger partial charge in [0.05, 0.1) is 16.3 Å². The van der Waals surface area contributed by atoms with Gasteiger partial charge in [-0.25, -0.2) is 4.98 Å². The van der Waals surface area contributed by atoms with E-state index in [1.165, 1.54) is 10.6 Å². The lowest BCUT2D eigenvalue weighted by molar-refractivity contribution is 0.0344. The number of hydrogen-bond donors (Lipinski definition) is 2. The average Bonchev–Trinajstić information content (AvgIpc) is 3.33. The fraction of sp³-hybridized carbons (Fsp3) is 0.308. The van der Waals surface area contributed by atoms with Crippen LogP contribution in [-0.2, 0) is 11.3 Å². The molecule has 1 aliphatic heterocycles. The van der Waals surface area contributed by atoms with E-state index in [0.717, 1.165) is 24.8 Å². The molecule has 0 atom stereocenters. The third-order valence-electron chi connectivity index (χ3n) is 6.51. The molecule has 0 saturated carbocycles. The van der Waals surface area contributed by atoms with Gasteiger partial charge in [0.2, 0.25) is 0 Å². The van der Waals surface area contributed by atoms with Gasteiger partial charge in [-0.15, -0.1) is 0 Å². The summed E-state index contributed by atoms with van der Waals surface area (Å²) in [7, 11) is 0. The standard InChI is InChI=1S/C26H26ClN5O4/c1-2-26(11-13-35-14-12-26)30-24(34)22-19(27)9-6-10-20(22)36-16-18-15-21(33)32-25(28-18)29-23(31-32)17-7-4-3-5-8-17/h3-10,15H,2,11-14,16H2,1H3,(H,30,34)(H,28,29,31). The smallest absolute Gasteiger partial charge is 0.274 e. The predicted octanol–water partition coefficient (Wildman–Crippen LogP) is 4.01. The first-order chi connectivity index (χ1) is 17.5. The molecule has 0 radical (unpaired) electrons. The van der Waals surface area contributed by atoms with Crippen LogP contribution >= 0.6 is 11.6 Å². The lowest BCUT2D eigenvalue weighted by Gasteiger charge is -2.37. The van der Waals surface area contributed by atoms with Gasteiger partial charge in [-0.05, 0) is 31.4 Å². The van der Waals surface area contributed by atoms with Crippen molar-refractivity contribution in [2.45, 2.75) is 38.3 Å². The van der Waals surface area contributed by atoms with Crippen LogP contribution in [0.25, 0.3) is 17.2 Å². The van der Waals surface area contributed by atoms with Crippen LogP contribution in [0.4, 0.5) is 0 Å².